The third-order valence-corrected chi connectivity index (χ3v) is 6.27. The predicted molar refractivity (Wildman–Crippen MR) is 127 cm³/mol. The van der Waals surface area contributed by atoms with E-state index in [9.17, 15) is 4.79 Å². The first-order valence-corrected chi connectivity index (χ1v) is 11.5. The van der Waals surface area contributed by atoms with Crippen molar-refractivity contribution in [2.75, 3.05) is 16.4 Å². The summed E-state index contributed by atoms with van der Waals surface area (Å²) in [4.78, 5) is 18.1. The summed E-state index contributed by atoms with van der Waals surface area (Å²) in [5, 5.41) is 12.3. The first-order valence-electron chi connectivity index (χ1n) is 10.2. The standard InChI is InChI=1S/C23H24ClN5OS/c1-4-12-31-23-27-22-25-15(3)19(21(30)26-18-7-5-6-14(2)13-18)20(29(22)28-23)16-8-10-17(24)11-9-16/h5-11,13,20H,4,12H2,1-3H3,(H,26,30)(H,25,27,28). The van der Waals surface area contributed by atoms with Gasteiger partial charge in [0.05, 0.1) is 5.57 Å². The minimum atomic E-state index is -0.415. The molecule has 6 nitrogen and oxygen atoms in total. The number of nitrogens with zero attached hydrogens (tertiary/aromatic N) is 3. The average molecular weight is 454 g/mol. The molecule has 2 aromatic carbocycles. The molecule has 1 aromatic heterocycles. The number of aryl methyl sites for hydroxylation is 1. The second-order valence-electron chi connectivity index (χ2n) is 7.45. The Bertz CT molecular complexity index is 1140. The zero-order chi connectivity index (χ0) is 22.0. The third-order valence-electron chi connectivity index (χ3n) is 4.97. The zero-order valence-electron chi connectivity index (χ0n) is 17.6. The predicted octanol–water partition coefficient (Wildman–Crippen LogP) is 5.67. The number of thioether (sulfide) groups is 1. The highest BCUT2D eigenvalue weighted by Crippen LogP contribution is 2.37. The molecule has 3 aromatic rings. The largest absolute Gasteiger partial charge is 0.328 e. The van der Waals surface area contributed by atoms with E-state index in [-0.39, 0.29) is 5.91 Å². The topological polar surface area (TPSA) is 71.8 Å². The quantitative estimate of drug-likeness (QED) is 0.470. The van der Waals surface area contributed by atoms with E-state index < -0.39 is 6.04 Å². The SMILES string of the molecule is CCCSc1nc2n(n1)C(c1ccc(Cl)cc1)C(C(=O)Nc1cccc(C)c1)=C(C)N2. The molecule has 1 aliphatic heterocycles. The number of rotatable bonds is 6. The highest BCUT2D eigenvalue weighted by molar-refractivity contribution is 7.99. The molecule has 31 heavy (non-hydrogen) atoms. The second kappa shape index (κ2) is 9.16. The number of carbonyl (C=O) groups excluding carboxylic acids is 1. The summed E-state index contributed by atoms with van der Waals surface area (Å²) in [6, 6.07) is 14.8. The van der Waals surface area contributed by atoms with E-state index in [4.69, 9.17) is 16.7 Å². The van der Waals surface area contributed by atoms with Crippen molar-refractivity contribution in [3.8, 4) is 0 Å². The zero-order valence-corrected chi connectivity index (χ0v) is 19.2. The summed E-state index contributed by atoms with van der Waals surface area (Å²) in [5.41, 5.74) is 4.09. The van der Waals surface area contributed by atoms with Crippen molar-refractivity contribution >= 4 is 40.9 Å². The molecule has 0 saturated carbocycles. The van der Waals surface area contributed by atoms with Crippen LogP contribution < -0.4 is 10.6 Å². The molecule has 0 saturated heterocycles. The lowest BCUT2D eigenvalue weighted by Crippen LogP contribution is -2.31. The van der Waals surface area contributed by atoms with Gasteiger partial charge in [0, 0.05) is 22.2 Å². The fourth-order valence-electron chi connectivity index (χ4n) is 3.55. The maximum Gasteiger partial charge on any atom is 0.255 e. The van der Waals surface area contributed by atoms with Gasteiger partial charge in [-0.05, 0) is 55.7 Å². The van der Waals surface area contributed by atoms with Gasteiger partial charge >= 0.3 is 0 Å². The van der Waals surface area contributed by atoms with E-state index in [0.29, 0.717) is 21.7 Å². The number of hydrogen-bond donors (Lipinski definition) is 2. The van der Waals surface area contributed by atoms with Gasteiger partial charge in [-0.3, -0.25) is 4.79 Å². The van der Waals surface area contributed by atoms with Crippen LogP contribution in [-0.4, -0.2) is 26.4 Å². The number of amides is 1. The summed E-state index contributed by atoms with van der Waals surface area (Å²) < 4.78 is 1.79. The van der Waals surface area contributed by atoms with Gasteiger partial charge in [-0.1, -0.05) is 54.6 Å². The van der Waals surface area contributed by atoms with Gasteiger partial charge < -0.3 is 10.6 Å². The number of benzene rings is 2. The van der Waals surface area contributed by atoms with Crippen LogP contribution in [0.5, 0.6) is 0 Å². The summed E-state index contributed by atoms with van der Waals surface area (Å²) in [6.07, 6.45) is 1.03. The lowest BCUT2D eigenvalue weighted by molar-refractivity contribution is -0.113. The lowest BCUT2D eigenvalue weighted by atomic mass is 9.95. The van der Waals surface area contributed by atoms with E-state index in [1.54, 1.807) is 16.4 Å². The highest BCUT2D eigenvalue weighted by Gasteiger charge is 2.34. The van der Waals surface area contributed by atoms with Crippen molar-refractivity contribution in [2.24, 2.45) is 0 Å². The van der Waals surface area contributed by atoms with Crippen LogP contribution in [0.1, 0.15) is 37.4 Å². The van der Waals surface area contributed by atoms with Gasteiger partial charge in [0.1, 0.15) is 6.04 Å². The van der Waals surface area contributed by atoms with Gasteiger partial charge in [0.15, 0.2) is 0 Å². The van der Waals surface area contributed by atoms with Crippen LogP contribution in [0, 0.1) is 6.92 Å². The molecule has 0 aliphatic carbocycles. The molecular formula is C23H24ClN5OS. The van der Waals surface area contributed by atoms with Crippen molar-refractivity contribution in [1.82, 2.24) is 14.8 Å². The van der Waals surface area contributed by atoms with Crippen LogP contribution in [-0.2, 0) is 4.79 Å². The number of fused-ring (bicyclic) bond motifs is 1. The number of anilines is 2. The number of carbonyl (C=O) groups is 1. The van der Waals surface area contributed by atoms with Crippen molar-refractivity contribution in [3.63, 3.8) is 0 Å². The first-order chi connectivity index (χ1) is 15.0. The number of allylic oxidation sites excluding steroid dienone is 1. The molecule has 1 aliphatic rings. The fourth-order valence-corrected chi connectivity index (χ4v) is 4.36. The van der Waals surface area contributed by atoms with E-state index >= 15 is 0 Å². The van der Waals surface area contributed by atoms with Gasteiger partial charge in [0.2, 0.25) is 11.1 Å². The molecular weight excluding hydrogens is 430 g/mol. The Kier molecular flexibility index (Phi) is 6.34. The maximum absolute atomic E-state index is 13.4. The normalized spacial score (nSPS) is 15.4. The monoisotopic (exact) mass is 453 g/mol. The molecule has 0 spiro atoms. The minimum absolute atomic E-state index is 0.181. The van der Waals surface area contributed by atoms with Crippen LogP contribution in [0.25, 0.3) is 0 Å². The number of nitrogens with one attached hydrogen (secondary N) is 2. The molecule has 4 rings (SSSR count). The fraction of sp³-hybridized carbons (Fsp3) is 0.261. The molecule has 8 heteroatoms. The molecule has 2 heterocycles. The second-order valence-corrected chi connectivity index (χ2v) is 8.95. The van der Waals surface area contributed by atoms with Gasteiger partial charge in [0.25, 0.3) is 5.91 Å². The Morgan fingerprint density at radius 1 is 1.23 bits per heavy atom. The van der Waals surface area contributed by atoms with Crippen molar-refractivity contribution in [3.05, 3.63) is 76.0 Å². The molecule has 2 N–H and O–H groups in total. The van der Waals surface area contributed by atoms with E-state index in [1.807, 2.05) is 62.4 Å². The Balaban J connectivity index is 1.75. The third kappa shape index (κ3) is 4.62. The summed E-state index contributed by atoms with van der Waals surface area (Å²) in [7, 11) is 0. The Labute approximate surface area is 191 Å². The number of aromatic nitrogens is 3. The van der Waals surface area contributed by atoms with Crippen molar-refractivity contribution in [1.29, 1.82) is 0 Å². The van der Waals surface area contributed by atoms with Crippen LogP contribution in [0.3, 0.4) is 0 Å². The summed E-state index contributed by atoms with van der Waals surface area (Å²) in [6.45, 7) is 6.01. The molecule has 0 bridgehead atoms. The van der Waals surface area contributed by atoms with Crippen LogP contribution in [0.2, 0.25) is 5.02 Å². The van der Waals surface area contributed by atoms with Gasteiger partial charge in [-0.15, -0.1) is 5.10 Å². The summed E-state index contributed by atoms with van der Waals surface area (Å²) in [5.74, 6) is 1.38. The molecule has 1 atom stereocenters. The highest BCUT2D eigenvalue weighted by atomic mass is 35.5. The molecule has 0 radical (unpaired) electrons. The molecule has 1 unspecified atom stereocenters. The van der Waals surface area contributed by atoms with Crippen LogP contribution in [0.15, 0.2) is 65.0 Å². The number of hydrogen-bond acceptors (Lipinski definition) is 5. The first kappa shape index (κ1) is 21.5. The van der Waals surface area contributed by atoms with Gasteiger partial charge in [-0.25, -0.2) is 4.68 Å². The van der Waals surface area contributed by atoms with E-state index in [2.05, 4.69) is 22.5 Å². The van der Waals surface area contributed by atoms with Crippen molar-refractivity contribution in [2.45, 2.75) is 38.4 Å². The Morgan fingerprint density at radius 2 is 2.00 bits per heavy atom. The Hall–Kier alpha value is -2.77. The minimum Gasteiger partial charge on any atom is -0.328 e. The lowest BCUT2D eigenvalue weighted by Gasteiger charge is -2.28. The molecule has 0 fully saturated rings. The smallest absolute Gasteiger partial charge is 0.255 e. The van der Waals surface area contributed by atoms with Gasteiger partial charge in [-0.2, -0.15) is 4.98 Å². The number of halogens is 1. The average Bonchev–Trinajstić information content (AvgIpc) is 3.14. The Morgan fingerprint density at radius 3 is 2.71 bits per heavy atom. The molecule has 1 amide bonds. The summed E-state index contributed by atoms with van der Waals surface area (Å²) >= 11 is 7.73. The van der Waals surface area contributed by atoms with E-state index in [1.165, 1.54) is 0 Å². The molecule has 160 valence electrons. The van der Waals surface area contributed by atoms with E-state index in [0.717, 1.165) is 34.7 Å². The van der Waals surface area contributed by atoms with Crippen LogP contribution >= 0.6 is 23.4 Å². The maximum atomic E-state index is 13.4. The van der Waals surface area contributed by atoms with Crippen molar-refractivity contribution < 1.29 is 4.79 Å². The van der Waals surface area contributed by atoms with Crippen LogP contribution in [0.4, 0.5) is 11.6 Å².